The zero-order chi connectivity index (χ0) is 22.8. The predicted octanol–water partition coefficient (Wildman–Crippen LogP) is 5.74. The van der Waals surface area contributed by atoms with Gasteiger partial charge in [0.1, 0.15) is 11.4 Å². The van der Waals surface area contributed by atoms with Gasteiger partial charge in [0.25, 0.3) is 5.91 Å². The Kier molecular flexibility index (Phi) is 5.64. The normalized spacial score (nSPS) is 12.8. The van der Waals surface area contributed by atoms with Gasteiger partial charge in [-0.05, 0) is 59.9 Å². The van der Waals surface area contributed by atoms with Crippen LogP contribution in [0.3, 0.4) is 0 Å². The number of oxazole rings is 1. The molecular weight excluding hydrogens is 436 g/mol. The number of nitrogens with one attached hydrogen (secondary N) is 1. The van der Waals surface area contributed by atoms with E-state index in [1.807, 2.05) is 30.3 Å². The van der Waals surface area contributed by atoms with E-state index < -0.39 is 0 Å². The quantitative estimate of drug-likeness (QED) is 0.375. The standard InChI is InChI=1S/C26H19ClN4O2/c27-24-8-5-16(13-29-24)14-30-25(32)20-9-19(22-4-2-1-3-18(22)12-28)10-21(11-20)26-31-23(15-33-26)17-6-7-17/h1-5,8-11,13,15,17H,6-7,14H2,(H,30,32). The summed E-state index contributed by atoms with van der Waals surface area (Å²) in [6.07, 6.45) is 5.56. The molecule has 2 heterocycles. The van der Waals surface area contributed by atoms with Crippen molar-refractivity contribution in [1.82, 2.24) is 15.3 Å². The highest BCUT2D eigenvalue weighted by Gasteiger charge is 2.27. The predicted molar refractivity (Wildman–Crippen MR) is 124 cm³/mol. The molecule has 0 radical (unpaired) electrons. The Bertz CT molecular complexity index is 1370. The van der Waals surface area contributed by atoms with Gasteiger partial charge in [0.15, 0.2) is 0 Å². The first-order chi connectivity index (χ1) is 16.1. The van der Waals surface area contributed by atoms with Gasteiger partial charge in [-0.15, -0.1) is 0 Å². The van der Waals surface area contributed by atoms with E-state index in [1.54, 1.807) is 36.7 Å². The topological polar surface area (TPSA) is 91.8 Å². The monoisotopic (exact) mass is 454 g/mol. The Morgan fingerprint density at radius 2 is 1.97 bits per heavy atom. The molecule has 1 aliphatic carbocycles. The molecule has 1 saturated carbocycles. The molecule has 2 aromatic heterocycles. The zero-order valence-corrected chi connectivity index (χ0v) is 18.3. The fraction of sp³-hybridized carbons (Fsp3) is 0.154. The molecule has 0 atom stereocenters. The lowest BCUT2D eigenvalue weighted by Crippen LogP contribution is -2.23. The van der Waals surface area contributed by atoms with Crippen LogP contribution >= 0.6 is 11.6 Å². The Hall–Kier alpha value is -3.95. The number of halogens is 1. The number of hydrogen-bond acceptors (Lipinski definition) is 5. The van der Waals surface area contributed by atoms with Gasteiger partial charge in [-0.1, -0.05) is 35.9 Å². The smallest absolute Gasteiger partial charge is 0.251 e. The molecule has 7 heteroatoms. The van der Waals surface area contributed by atoms with Crippen molar-refractivity contribution < 1.29 is 9.21 Å². The molecule has 2 aromatic carbocycles. The Labute approximate surface area is 195 Å². The first-order valence-corrected chi connectivity index (χ1v) is 11.0. The zero-order valence-electron chi connectivity index (χ0n) is 17.6. The van der Waals surface area contributed by atoms with Crippen LogP contribution in [-0.2, 0) is 6.54 Å². The molecule has 162 valence electrons. The van der Waals surface area contributed by atoms with Crippen LogP contribution in [0.4, 0.5) is 0 Å². The summed E-state index contributed by atoms with van der Waals surface area (Å²) in [6.45, 7) is 0.308. The summed E-state index contributed by atoms with van der Waals surface area (Å²) in [5.41, 5.74) is 4.92. The van der Waals surface area contributed by atoms with E-state index in [2.05, 4.69) is 21.4 Å². The minimum atomic E-state index is -0.253. The molecule has 4 aromatic rings. The highest BCUT2D eigenvalue weighted by molar-refractivity contribution is 6.29. The summed E-state index contributed by atoms with van der Waals surface area (Å²) in [5.74, 6) is 0.668. The van der Waals surface area contributed by atoms with Gasteiger partial charge in [-0.2, -0.15) is 5.26 Å². The number of nitriles is 1. The van der Waals surface area contributed by atoms with E-state index in [9.17, 15) is 10.1 Å². The van der Waals surface area contributed by atoms with Crippen molar-refractivity contribution in [2.24, 2.45) is 0 Å². The molecule has 0 spiro atoms. The van der Waals surface area contributed by atoms with Crippen molar-refractivity contribution in [3.8, 4) is 28.7 Å². The van der Waals surface area contributed by atoms with Crippen molar-refractivity contribution >= 4 is 17.5 Å². The minimum absolute atomic E-state index is 0.253. The summed E-state index contributed by atoms with van der Waals surface area (Å²) in [7, 11) is 0. The van der Waals surface area contributed by atoms with Crippen molar-refractivity contribution in [1.29, 1.82) is 5.26 Å². The molecule has 1 aliphatic rings. The van der Waals surface area contributed by atoms with Crippen LogP contribution in [0.1, 0.15) is 45.9 Å². The van der Waals surface area contributed by atoms with E-state index >= 15 is 0 Å². The highest BCUT2D eigenvalue weighted by Crippen LogP contribution is 2.40. The Morgan fingerprint density at radius 3 is 2.73 bits per heavy atom. The number of amides is 1. The minimum Gasteiger partial charge on any atom is -0.444 e. The number of nitrogens with zero attached hydrogens (tertiary/aromatic N) is 3. The third kappa shape index (κ3) is 4.64. The van der Waals surface area contributed by atoms with E-state index in [0.29, 0.717) is 40.2 Å². The number of pyridine rings is 1. The van der Waals surface area contributed by atoms with E-state index in [1.165, 1.54) is 0 Å². The van der Waals surface area contributed by atoms with Crippen LogP contribution < -0.4 is 5.32 Å². The van der Waals surface area contributed by atoms with E-state index in [0.717, 1.165) is 35.2 Å². The number of aromatic nitrogens is 2. The molecule has 1 amide bonds. The molecular formula is C26H19ClN4O2. The molecule has 1 N–H and O–H groups in total. The van der Waals surface area contributed by atoms with Crippen LogP contribution in [0.5, 0.6) is 0 Å². The molecule has 6 nitrogen and oxygen atoms in total. The Morgan fingerprint density at radius 1 is 1.15 bits per heavy atom. The van der Waals surface area contributed by atoms with Crippen LogP contribution in [0.2, 0.25) is 5.15 Å². The van der Waals surface area contributed by atoms with E-state index in [4.69, 9.17) is 16.0 Å². The first-order valence-electron chi connectivity index (χ1n) is 10.6. The van der Waals surface area contributed by atoms with Crippen LogP contribution in [0.25, 0.3) is 22.6 Å². The average Bonchev–Trinajstić information content (AvgIpc) is 3.59. The van der Waals surface area contributed by atoms with Crippen LogP contribution in [0.15, 0.2) is 71.5 Å². The summed E-state index contributed by atoms with van der Waals surface area (Å²) in [4.78, 5) is 21.7. The number of hydrogen-bond donors (Lipinski definition) is 1. The second kappa shape index (κ2) is 8.89. The SMILES string of the molecule is N#Cc1ccccc1-c1cc(C(=O)NCc2ccc(Cl)nc2)cc(-c2nc(C3CC3)co2)c1. The number of benzene rings is 2. The molecule has 0 saturated heterocycles. The van der Waals surface area contributed by atoms with Crippen molar-refractivity contribution in [3.63, 3.8) is 0 Å². The van der Waals surface area contributed by atoms with Gasteiger partial charge in [-0.25, -0.2) is 9.97 Å². The second-order valence-corrected chi connectivity index (χ2v) is 8.37. The summed E-state index contributed by atoms with van der Waals surface area (Å²) in [6, 6.07) is 18.5. The van der Waals surface area contributed by atoms with E-state index in [-0.39, 0.29) is 5.91 Å². The van der Waals surface area contributed by atoms with Crippen molar-refractivity contribution in [2.45, 2.75) is 25.3 Å². The van der Waals surface area contributed by atoms with Crippen molar-refractivity contribution in [3.05, 3.63) is 94.6 Å². The third-order valence-electron chi connectivity index (χ3n) is 5.56. The number of carbonyl (C=O) groups is 1. The number of rotatable bonds is 6. The first kappa shape index (κ1) is 20.9. The highest BCUT2D eigenvalue weighted by atomic mass is 35.5. The molecule has 0 unspecified atom stereocenters. The third-order valence-corrected chi connectivity index (χ3v) is 5.78. The summed E-state index contributed by atoms with van der Waals surface area (Å²) >= 11 is 5.84. The maximum Gasteiger partial charge on any atom is 0.251 e. The lowest BCUT2D eigenvalue weighted by atomic mass is 9.96. The summed E-state index contributed by atoms with van der Waals surface area (Å²) in [5, 5.41) is 12.9. The van der Waals surface area contributed by atoms with Gasteiger partial charge >= 0.3 is 0 Å². The fourth-order valence-electron chi connectivity index (χ4n) is 3.65. The average molecular weight is 455 g/mol. The maximum absolute atomic E-state index is 13.1. The molecule has 5 rings (SSSR count). The maximum atomic E-state index is 13.1. The molecule has 33 heavy (non-hydrogen) atoms. The second-order valence-electron chi connectivity index (χ2n) is 7.98. The van der Waals surface area contributed by atoms with Crippen LogP contribution in [-0.4, -0.2) is 15.9 Å². The molecule has 0 aliphatic heterocycles. The lowest BCUT2D eigenvalue weighted by Gasteiger charge is -2.11. The van der Waals surface area contributed by atoms with Gasteiger partial charge in [-0.3, -0.25) is 4.79 Å². The van der Waals surface area contributed by atoms with Crippen LogP contribution in [0, 0.1) is 11.3 Å². The lowest BCUT2D eigenvalue weighted by molar-refractivity contribution is 0.0951. The number of carbonyl (C=O) groups excluding carboxylic acids is 1. The van der Waals surface area contributed by atoms with Gasteiger partial charge in [0.05, 0.1) is 17.3 Å². The Balaban J connectivity index is 1.50. The fourth-order valence-corrected chi connectivity index (χ4v) is 3.76. The molecule has 0 bridgehead atoms. The molecule has 1 fully saturated rings. The van der Waals surface area contributed by atoms with Gasteiger partial charge in [0, 0.05) is 29.8 Å². The van der Waals surface area contributed by atoms with Gasteiger partial charge < -0.3 is 9.73 Å². The summed E-state index contributed by atoms with van der Waals surface area (Å²) < 4.78 is 5.75. The largest absolute Gasteiger partial charge is 0.444 e. The van der Waals surface area contributed by atoms with Crippen molar-refractivity contribution in [2.75, 3.05) is 0 Å². The van der Waals surface area contributed by atoms with Gasteiger partial charge in [0.2, 0.25) is 5.89 Å².